The number of nitrogens with zero attached hydrogens (tertiary/aromatic N) is 3. The highest BCUT2D eigenvalue weighted by molar-refractivity contribution is 9.10. The molecule has 0 unspecified atom stereocenters. The third-order valence-electron chi connectivity index (χ3n) is 3.65. The molecule has 3 rings (SSSR count). The van der Waals surface area contributed by atoms with E-state index in [-0.39, 0.29) is 17.7 Å². The van der Waals surface area contributed by atoms with Crippen LogP contribution in [0.25, 0.3) is 0 Å². The summed E-state index contributed by atoms with van der Waals surface area (Å²) >= 11 is 9.45. The molecule has 1 amide bonds. The zero-order chi connectivity index (χ0) is 15.9. The maximum absolute atomic E-state index is 12.4. The number of amides is 1. The van der Waals surface area contributed by atoms with Crippen molar-refractivity contribution in [3.05, 3.63) is 45.0 Å². The van der Waals surface area contributed by atoms with Crippen LogP contribution < -0.4 is 0 Å². The van der Waals surface area contributed by atoms with Gasteiger partial charge in [0.05, 0.1) is 16.5 Å². The van der Waals surface area contributed by atoms with Gasteiger partial charge in [-0.15, -0.1) is 0 Å². The van der Waals surface area contributed by atoms with Crippen molar-refractivity contribution in [2.24, 2.45) is 0 Å². The molecule has 22 heavy (non-hydrogen) atoms. The van der Waals surface area contributed by atoms with Crippen LogP contribution in [0.15, 0.2) is 27.2 Å². The Kier molecular flexibility index (Phi) is 4.23. The van der Waals surface area contributed by atoms with E-state index in [4.69, 9.17) is 16.1 Å². The maximum atomic E-state index is 12.4. The second kappa shape index (κ2) is 6.01. The minimum absolute atomic E-state index is 0.0776. The van der Waals surface area contributed by atoms with Crippen LogP contribution in [0.3, 0.4) is 0 Å². The zero-order valence-corrected chi connectivity index (χ0v) is 14.6. The molecule has 1 saturated heterocycles. The van der Waals surface area contributed by atoms with E-state index >= 15 is 0 Å². The van der Waals surface area contributed by atoms with Crippen LogP contribution in [0, 0.1) is 0 Å². The Hall–Kier alpha value is -1.40. The standard InChI is InChI=1S/C15H15BrClN3O2/c1-8(2)13-18-14(22-19-13)9-6-20(7-9)15(21)11-5-10(16)3-4-12(11)17/h3-5,8-9H,6-7H2,1-2H3. The van der Waals surface area contributed by atoms with Crippen LogP contribution in [0.2, 0.25) is 5.02 Å². The zero-order valence-electron chi connectivity index (χ0n) is 12.2. The van der Waals surface area contributed by atoms with E-state index in [1.165, 1.54) is 0 Å². The molecule has 0 spiro atoms. The SMILES string of the molecule is CC(C)c1noc(C2CN(C(=O)c3cc(Br)ccc3Cl)C2)n1. The van der Waals surface area contributed by atoms with Crippen molar-refractivity contribution in [2.75, 3.05) is 13.1 Å². The molecule has 2 aromatic rings. The molecular weight excluding hydrogens is 370 g/mol. The van der Waals surface area contributed by atoms with Gasteiger partial charge in [-0.3, -0.25) is 4.79 Å². The molecule has 7 heteroatoms. The molecule has 0 aliphatic carbocycles. The monoisotopic (exact) mass is 383 g/mol. The summed E-state index contributed by atoms with van der Waals surface area (Å²) in [7, 11) is 0. The first kappa shape index (κ1) is 15.5. The Morgan fingerprint density at radius 1 is 1.45 bits per heavy atom. The first-order valence-corrected chi connectivity index (χ1v) is 8.20. The summed E-state index contributed by atoms with van der Waals surface area (Å²) in [4.78, 5) is 18.6. The summed E-state index contributed by atoms with van der Waals surface area (Å²) in [5.41, 5.74) is 0.503. The Labute approximate surface area is 141 Å². The number of halogens is 2. The molecule has 1 fully saturated rings. The lowest BCUT2D eigenvalue weighted by Gasteiger charge is -2.37. The number of rotatable bonds is 3. The molecule has 1 aliphatic heterocycles. The molecule has 0 radical (unpaired) electrons. The third-order valence-corrected chi connectivity index (χ3v) is 4.47. The average Bonchev–Trinajstić information content (AvgIpc) is 2.89. The smallest absolute Gasteiger partial charge is 0.255 e. The predicted molar refractivity (Wildman–Crippen MR) is 86.2 cm³/mol. The number of benzene rings is 1. The maximum Gasteiger partial charge on any atom is 0.255 e. The molecule has 1 aromatic carbocycles. The predicted octanol–water partition coefficient (Wildman–Crippen LogP) is 3.85. The van der Waals surface area contributed by atoms with Crippen LogP contribution in [0.5, 0.6) is 0 Å². The number of hydrogen-bond acceptors (Lipinski definition) is 4. The van der Waals surface area contributed by atoms with E-state index in [1.807, 2.05) is 19.9 Å². The van der Waals surface area contributed by atoms with Crippen LogP contribution in [0.1, 0.15) is 47.8 Å². The van der Waals surface area contributed by atoms with Crippen molar-refractivity contribution < 1.29 is 9.32 Å². The molecule has 116 valence electrons. The fourth-order valence-corrected chi connectivity index (χ4v) is 2.84. The lowest BCUT2D eigenvalue weighted by Crippen LogP contribution is -2.48. The van der Waals surface area contributed by atoms with E-state index < -0.39 is 0 Å². The summed E-state index contributed by atoms with van der Waals surface area (Å²) in [6, 6.07) is 5.26. The van der Waals surface area contributed by atoms with Gasteiger partial charge < -0.3 is 9.42 Å². The van der Waals surface area contributed by atoms with E-state index in [0.717, 1.165) is 4.47 Å². The highest BCUT2D eigenvalue weighted by atomic mass is 79.9. The Bertz CT molecular complexity index is 711. The van der Waals surface area contributed by atoms with Crippen molar-refractivity contribution in [2.45, 2.75) is 25.7 Å². The summed E-state index contributed by atoms with van der Waals surface area (Å²) in [6.07, 6.45) is 0. The summed E-state index contributed by atoms with van der Waals surface area (Å²) in [6.45, 7) is 5.17. The number of carbonyl (C=O) groups excluding carboxylic acids is 1. The van der Waals surface area contributed by atoms with Gasteiger partial charge in [-0.1, -0.05) is 46.5 Å². The van der Waals surface area contributed by atoms with Crippen LogP contribution in [-0.4, -0.2) is 34.0 Å². The topological polar surface area (TPSA) is 59.2 Å². The van der Waals surface area contributed by atoms with Gasteiger partial charge in [0.2, 0.25) is 5.89 Å². The van der Waals surface area contributed by atoms with E-state index in [1.54, 1.807) is 17.0 Å². The molecule has 1 aliphatic rings. The molecule has 0 bridgehead atoms. The van der Waals surface area contributed by atoms with Crippen LogP contribution >= 0.6 is 27.5 Å². The second-order valence-corrected chi connectivity index (χ2v) is 7.00. The third kappa shape index (κ3) is 2.90. The minimum atomic E-state index is -0.0776. The van der Waals surface area contributed by atoms with Crippen molar-refractivity contribution in [1.29, 1.82) is 0 Å². The van der Waals surface area contributed by atoms with Gasteiger partial charge in [0.15, 0.2) is 5.82 Å². The summed E-state index contributed by atoms with van der Waals surface area (Å²) in [5, 5.41) is 4.41. The van der Waals surface area contributed by atoms with Gasteiger partial charge in [0.1, 0.15) is 0 Å². The molecule has 1 aromatic heterocycles. The molecule has 0 N–H and O–H groups in total. The number of likely N-dealkylation sites (tertiary alicyclic amines) is 1. The number of aromatic nitrogens is 2. The van der Waals surface area contributed by atoms with E-state index in [9.17, 15) is 4.79 Å². The minimum Gasteiger partial charge on any atom is -0.339 e. The van der Waals surface area contributed by atoms with Crippen LogP contribution in [-0.2, 0) is 0 Å². The molecular formula is C15H15BrClN3O2. The highest BCUT2D eigenvalue weighted by Gasteiger charge is 2.36. The van der Waals surface area contributed by atoms with Gasteiger partial charge >= 0.3 is 0 Å². The molecule has 0 atom stereocenters. The van der Waals surface area contributed by atoms with Crippen molar-refractivity contribution in [1.82, 2.24) is 15.0 Å². The Morgan fingerprint density at radius 2 is 2.18 bits per heavy atom. The average molecular weight is 385 g/mol. The van der Waals surface area contributed by atoms with Gasteiger partial charge in [-0.2, -0.15) is 4.98 Å². The number of hydrogen-bond donors (Lipinski definition) is 0. The first-order chi connectivity index (χ1) is 10.5. The highest BCUT2D eigenvalue weighted by Crippen LogP contribution is 2.30. The Balaban J connectivity index is 1.67. The van der Waals surface area contributed by atoms with Crippen LogP contribution in [0.4, 0.5) is 0 Å². The largest absolute Gasteiger partial charge is 0.339 e. The van der Waals surface area contributed by atoms with Gasteiger partial charge in [-0.25, -0.2) is 0 Å². The normalized spacial score (nSPS) is 15.2. The number of carbonyl (C=O) groups is 1. The van der Waals surface area contributed by atoms with Crippen molar-refractivity contribution >= 4 is 33.4 Å². The fraction of sp³-hybridized carbons (Fsp3) is 0.400. The quantitative estimate of drug-likeness (QED) is 0.806. The van der Waals surface area contributed by atoms with E-state index in [0.29, 0.717) is 35.4 Å². The second-order valence-electron chi connectivity index (χ2n) is 5.68. The Morgan fingerprint density at radius 3 is 2.82 bits per heavy atom. The van der Waals surface area contributed by atoms with E-state index in [2.05, 4.69) is 26.1 Å². The summed E-state index contributed by atoms with van der Waals surface area (Å²) in [5.74, 6) is 1.57. The van der Waals surface area contributed by atoms with Gasteiger partial charge in [0, 0.05) is 23.5 Å². The summed E-state index contributed by atoms with van der Waals surface area (Å²) < 4.78 is 6.10. The lowest BCUT2D eigenvalue weighted by molar-refractivity contribution is 0.0569. The van der Waals surface area contributed by atoms with Crippen molar-refractivity contribution in [3.63, 3.8) is 0 Å². The van der Waals surface area contributed by atoms with Gasteiger partial charge in [-0.05, 0) is 18.2 Å². The first-order valence-electron chi connectivity index (χ1n) is 7.03. The molecule has 5 nitrogen and oxygen atoms in total. The van der Waals surface area contributed by atoms with Gasteiger partial charge in [0.25, 0.3) is 5.91 Å². The van der Waals surface area contributed by atoms with Crippen molar-refractivity contribution in [3.8, 4) is 0 Å². The lowest BCUT2D eigenvalue weighted by atomic mass is 9.98. The molecule has 2 heterocycles. The fourth-order valence-electron chi connectivity index (χ4n) is 2.28. The molecule has 0 saturated carbocycles.